The number of nitrogens with zero attached hydrogens (tertiary/aromatic N) is 3. The van der Waals surface area contributed by atoms with Gasteiger partial charge in [0.25, 0.3) is 0 Å². The monoisotopic (exact) mass is 448 g/mol. The first-order chi connectivity index (χ1) is 15.5. The van der Waals surface area contributed by atoms with Gasteiger partial charge in [-0.1, -0.05) is 49.2 Å². The molecule has 0 aliphatic heterocycles. The summed E-state index contributed by atoms with van der Waals surface area (Å²) in [4.78, 5) is 24.3. The fourth-order valence-corrected chi connectivity index (χ4v) is 4.92. The van der Waals surface area contributed by atoms with E-state index in [0.29, 0.717) is 17.2 Å². The number of hydrogen-bond donors (Lipinski definition) is 1. The molecule has 1 aliphatic carbocycles. The number of para-hydroxylation sites is 1. The molecule has 1 N–H and O–H groups in total. The standard InChI is InChI=1S/C25H28N4O2S/c1-17(30)19-13-15-21(16-14-19)26-24(31)18(2)32-25-28-27-23(20-9-5-3-6-10-20)29(25)22-11-7-4-8-12-22/h4,7-8,11-16,18,20H,3,5-6,9-10H2,1-2H3,(H,26,31)/t18-/m0/s1. The van der Waals surface area contributed by atoms with Crippen molar-refractivity contribution >= 4 is 29.1 Å². The third-order valence-electron chi connectivity index (χ3n) is 5.85. The van der Waals surface area contributed by atoms with Crippen LogP contribution in [0.1, 0.15) is 68.1 Å². The summed E-state index contributed by atoms with van der Waals surface area (Å²) in [6, 6.07) is 17.1. The Morgan fingerprint density at radius 2 is 1.69 bits per heavy atom. The summed E-state index contributed by atoms with van der Waals surface area (Å²) in [5, 5.41) is 12.3. The van der Waals surface area contributed by atoms with Crippen LogP contribution in [0.2, 0.25) is 0 Å². The molecule has 1 heterocycles. The van der Waals surface area contributed by atoms with Crippen molar-refractivity contribution in [3.8, 4) is 5.69 Å². The lowest BCUT2D eigenvalue weighted by atomic mass is 9.88. The zero-order chi connectivity index (χ0) is 22.5. The Balaban J connectivity index is 1.53. The van der Waals surface area contributed by atoms with Crippen LogP contribution in [-0.4, -0.2) is 31.7 Å². The fourth-order valence-electron chi connectivity index (χ4n) is 4.05. The number of amides is 1. The molecule has 0 bridgehead atoms. The maximum atomic E-state index is 12.8. The second kappa shape index (κ2) is 10.1. The van der Waals surface area contributed by atoms with Crippen LogP contribution < -0.4 is 5.32 Å². The molecule has 6 nitrogen and oxygen atoms in total. The fraction of sp³-hybridized carbons (Fsp3) is 0.360. The van der Waals surface area contributed by atoms with Crippen LogP contribution in [-0.2, 0) is 4.79 Å². The smallest absolute Gasteiger partial charge is 0.237 e. The first-order valence-electron chi connectivity index (χ1n) is 11.1. The van der Waals surface area contributed by atoms with E-state index >= 15 is 0 Å². The van der Waals surface area contributed by atoms with Crippen molar-refractivity contribution < 1.29 is 9.59 Å². The number of aromatic nitrogens is 3. The quantitative estimate of drug-likeness (QED) is 0.374. The molecule has 2 aromatic carbocycles. The minimum atomic E-state index is -0.367. The molecule has 0 unspecified atom stereocenters. The second-order valence-electron chi connectivity index (χ2n) is 8.23. The maximum absolute atomic E-state index is 12.8. The molecule has 32 heavy (non-hydrogen) atoms. The van der Waals surface area contributed by atoms with Gasteiger partial charge in [0.15, 0.2) is 10.9 Å². The van der Waals surface area contributed by atoms with Crippen molar-refractivity contribution in [3.63, 3.8) is 0 Å². The lowest BCUT2D eigenvalue weighted by molar-refractivity contribution is -0.115. The van der Waals surface area contributed by atoms with E-state index in [1.807, 2.05) is 25.1 Å². The molecular weight excluding hydrogens is 420 g/mol. The van der Waals surface area contributed by atoms with Crippen LogP contribution in [0.15, 0.2) is 59.8 Å². The summed E-state index contributed by atoms with van der Waals surface area (Å²) < 4.78 is 2.12. The molecule has 0 spiro atoms. The molecule has 0 saturated heterocycles. The Labute approximate surface area is 192 Å². The Bertz CT molecular complexity index is 1070. The van der Waals surface area contributed by atoms with Crippen LogP contribution >= 0.6 is 11.8 Å². The van der Waals surface area contributed by atoms with Gasteiger partial charge in [0.2, 0.25) is 5.91 Å². The van der Waals surface area contributed by atoms with Crippen molar-refractivity contribution in [1.29, 1.82) is 0 Å². The zero-order valence-corrected chi connectivity index (χ0v) is 19.3. The summed E-state index contributed by atoms with van der Waals surface area (Å²) >= 11 is 1.41. The molecule has 3 aromatic rings. The third-order valence-corrected chi connectivity index (χ3v) is 6.90. The summed E-state index contributed by atoms with van der Waals surface area (Å²) in [6.45, 7) is 3.39. The number of thioether (sulfide) groups is 1. The zero-order valence-electron chi connectivity index (χ0n) is 18.5. The highest BCUT2D eigenvalue weighted by atomic mass is 32.2. The number of benzene rings is 2. The van der Waals surface area contributed by atoms with E-state index in [0.717, 1.165) is 29.5 Å². The van der Waals surface area contributed by atoms with Gasteiger partial charge in [-0.05, 0) is 63.1 Å². The summed E-state index contributed by atoms with van der Waals surface area (Å²) in [5.41, 5.74) is 2.31. The van der Waals surface area contributed by atoms with Crippen LogP contribution in [0.3, 0.4) is 0 Å². The first-order valence-corrected chi connectivity index (χ1v) is 12.0. The van der Waals surface area contributed by atoms with Crippen molar-refractivity contribution in [2.24, 2.45) is 0 Å². The molecular formula is C25H28N4O2S. The number of hydrogen-bond acceptors (Lipinski definition) is 5. The van der Waals surface area contributed by atoms with Gasteiger partial charge >= 0.3 is 0 Å². The van der Waals surface area contributed by atoms with Gasteiger partial charge in [0.1, 0.15) is 5.82 Å². The minimum absolute atomic E-state index is 0.000758. The van der Waals surface area contributed by atoms with E-state index in [2.05, 4.69) is 32.2 Å². The number of anilines is 1. The number of rotatable bonds is 7. The van der Waals surface area contributed by atoms with Gasteiger partial charge in [0, 0.05) is 22.9 Å². The lowest BCUT2D eigenvalue weighted by Crippen LogP contribution is -2.23. The van der Waals surface area contributed by atoms with Crippen LogP contribution in [0.4, 0.5) is 5.69 Å². The highest BCUT2D eigenvalue weighted by Crippen LogP contribution is 2.35. The summed E-state index contributed by atoms with van der Waals surface area (Å²) in [6.07, 6.45) is 5.97. The molecule has 1 atom stereocenters. The van der Waals surface area contributed by atoms with E-state index in [1.165, 1.54) is 37.9 Å². The van der Waals surface area contributed by atoms with E-state index in [1.54, 1.807) is 24.3 Å². The molecule has 4 rings (SSSR count). The molecule has 7 heteroatoms. The van der Waals surface area contributed by atoms with Crippen LogP contribution in [0.5, 0.6) is 0 Å². The third kappa shape index (κ3) is 5.10. The van der Waals surface area contributed by atoms with Crippen molar-refractivity contribution in [1.82, 2.24) is 14.8 Å². The van der Waals surface area contributed by atoms with Gasteiger partial charge in [-0.15, -0.1) is 10.2 Å². The van der Waals surface area contributed by atoms with Gasteiger partial charge in [-0.2, -0.15) is 0 Å². The average molecular weight is 449 g/mol. The Hall–Kier alpha value is -2.93. The predicted molar refractivity (Wildman–Crippen MR) is 128 cm³/mol. The minimum Gasteiger partial charge on any atom is -0.325 e. The lowest BCUT2D eigenvalue weighted by Gasteiger charge is -2.22. The number of carbonyl (C=O) groups is 2. The van der Waals surface area contributed by atoms with Gasteiger partial charge in [-0.3, -0.25) is 14.2 Å². The molecule has 1 fully saturated rings. The summed E-state index contributed by atoms with van der Waals surface area (Å²) in [5.74, 6) is 1.27. The Morgan fingerprint density at radius 3 is 2.34 bits per heavy atom. The van der Waals surface area contributed by atoms with E-state index in [9.17, 15) is 9.59 Å². The topological polar surface area (TPSA) is 76.9 Å². The van der Waals surface area contributed by atoms with Crippen molar-refractivity contribution in [2.75, 3.05) is 5.32 Å². The second-order valence-corrected chi connectivity index (χ2v) is 9.54. The number of carbonyl (C=O) groups excluding carboxylic acids is 2. The maximum Gasteiger partial charge on any atom is 0.237 e. The Morgan fingerprint density at radius 1 is 1.00 bits per heavy atom. The van der Waals surface area contributed by atoms with E-state index in [-0.39, 0.29) is 16.9 Å². The molecule has 1 aromatic heterocycles. The molecule has 1 aliphatic rings. The largest absolute Gasteiger partial charge is 0.325 e. The highest BCUT2D eigenvalue weighted by Gasteiger charge is 2.26. The SMILES string of the molecule is CC(=O)c1ccc(NC(=O)[C@H](C)Sc2nnc(C3CCCCC3)n2-c2ccccc2)cc1. The molecule has 166 valence electrons. The predicted octanol–water partition coefficient (Wildman–Crippen LogP) is 5.64. The molecule has 0 radical (unpaired) electrons. The normalized spacial score (nSPS) is 15.3. The van der Waals surface area contributed by atoms with Gasteiger partial charge in [0.05, 0.1) is 5.25 Å². The molecule has 1 saturated carbocycles. The first kappa shape index (κ1) is 22.3. The van der Waals surface area contributed by atoms with E-state index in [4.69, 9.17) is 0 Å². The van der Waals surface area contributed by atoms with Crippen LogP contribution in [0.25, 0.3) is 5.69 Å². The molecule has 1 amide bonds. The van der Waals surface area contributed by atoms with Gasteiger partial charge < -0.3 is 5.32 Å². The number of nitrogens with one attached hydrogen (secondary N) is 1. The number of ketones is 1. The Kier molecular flexibility index (Phi) is 7.05. The van der Waals surface area contributed by atoms with E-state index < -0.39 is 0 Å². The highest BCUT2D eigenvalue weighted by molar-refractivity contribution is 8.00. The van der Waals surface area contributed by atoms with Crippen LogP contribution in [0, 0.1) is 0 Å². The van der Waals surface area contributed by atoms with Gasteiger partial charge in [-0.25, -0.2) is 0 Å². The van der Waals surface area contributed by atoms with Crippen molar-refractivity contribution in [3.05, 3.63) is 66.0 Å². The van der Waals surface area contributed by atoms with Crippen molar-refractivity contribution in [2.45, 2.75) is 62.3 Å². The average Bonchev–Trinajstić information content (AvgIpc) is 3.24. The number of Topliss-reactive ketones (excluding diaryl/α,β-unsaturated/α-hetero) is 1. The summed E-state index contributed by atoms with van der Waals surface area (Å²) in [7, 11) is 0.